The third-order valence-corrected chi connectivity index (χ3v) is 2.42. The molecule has 0 bridgehead atoms. The molecule has 3 N–H and O–H groups in total. The molecule has 0 aliphatic heterocycles. The number of furan rings is 1. The first-order valence-corrected chi connectivity index (χ1v) is 4.57. The van der Waals surface area contributed by atoms with Gasteiger partial charge in [-0.3, -0.25) is 0 Å². The van der Waals surface area contributed by atoms with Gasteiger partial charge >= 0.3 is 0 Å². The number of hydrogen-bond donors (Lipinski definition) is 2. The summed E-state index contributed by atoms with van der Waals surface area (Å²) < 4.78 is 4.91. The molecule has 1 aromatic rings. The van der Waals surface area contributed by atoms with Crippen molar-refractivity contribution >= 4 is 0 Å². The van der Waals surface area contributed by atoms with Crippen LogP contribution in [0.1, 0.15) is 25.5 Å². The van der Waals surface area contributed by atoms with Gasteiger partial charge in [0.15, 0.2) is 0 Å². The van der Waals surface area contributed by atoms with Crippen molar-refractivity contribution in [1.29, 1.82) is 0 Å². The molecule has 0 amide bonds. The lowest BCUT2D eigenvalue weighted by Crippen LogP contribution is -2.26. The van der Waals surface area contributed by atoms with E-state index in [1.807, 2.05) is 0 Å². The first-order valence-electron chi connectivity index (χ1n) is 4.57. The summed E-state index contributed by atoms with van der Waals surface area (Å²) in [6.07, 6.45) is 2.62. The lowest BCUT2D eigenvalue weighted by molar-refractivity contribution is 0.0855. The standard InChI is InChI=1S/C10H17NO2/c1-7(2)9(5-11)10(12)8-3-4-13-6-8/h3-4,6-7,9-10,12H,5,11H2,1-2H3. The maximum Gasteiger partial charge on any atom is 0.0960 e. The van der Waals surface area contributed by atoms with Gasteiger partial charge in [-0.2, -0.15) is 0 Å². The fourth-order valence-corrected chi connectivity index (χ4v) is 1.46. The molecule has 3 heteroatoms. The Morgan fingerprint density at radius 3 is 2.62 bits per heavy atom. The van der Waals surface area contributed by atoms with Crippen molar-refractivity contribution in [3.63, 3.8) is 0 Å². The van der Waals surface area contributed by atoms with Crippen LogP contribution in [0.15, 0.2) is 23.0 Å². The Hall–Kier alpha value is -0.800. The minimum atomic E-state index is -0.510. The third-order valence-electron chi connectivity index (χ3n) is 2.42. The molecule has 0 spiro atoms. The molecule has 0 radical (unpaired) electrons. The summed E-state index contributed by atoms with van der Waals surface area (Å²) in [5.41, 5.74) is 6.40. The van der Waals surface area contributed by atoms with Crippen molar-refractivity contribution in [3.05, 3.63) is 24.2 Å². The average molecular weight is 183 g/mol. The van der Waals surface area contributed by atoms with E-state index in [0.29, 0.717) is 12.5 Å². The van der Waals surface area contributed by atoms with Crippen molar-refractivity contribution in [1.82, 2.24) is 0 Å². The van der Waals surface area contributed by atoms with Gasteiger partial charge < -0.3 is 15.3 Å². The van der Waals surface area contributed by atoms with Crippen LogP contribution in [0.3, 0.4) is 0 Å². The summed E-state index contributed by atoms with van der Waals surface area (Å²) in [5.74, 6) is 0.465. The molecule has 0 saturated heterocycles. The smallest absolute Gasteiger partial charge is 0.0960 e. The van der Waals surface area contributed by atoms with Crippen LogP contribution in [0, 0.1) is 11.8 Å². The van der Waals surface area contributed by atoms with E-state index in [2.05, 4.69) is 13.8 Å². The SMILES string of the molecule is CC(C)C(CN)C(O)c1ccoc1. The lowest BCUT2D eigenvalue weighted by Gasteiger charge is -2.23. The fraction of sp³-hybridized carbons (Fsp3) is 0.600. The molecule has 0 fully saturated rings. The van der Waals surface area contributed by atoms with Crippen LogP contribution in [0.4, 0.5) is 0 Å². The van der Waals surface area contributed by atoms with E-state index >= 15 is 0 Å². The maximum absolute atomic E-state index is 9.90. The zero-order valence-electron chi connectivity index (χ0n) is 8.10. The van der Waals surface area contributed by atoms with Crippen molar-refractivity contribution in [2.24, 2.45) is 17.6 Å². The quantitative estimate of drug-likeness (QED) is 0.744. The monoisotopic (exact) mass is 183 g/mol. The van der Waals surface area contributed by atoms with E-state index in [4.69, 9.17) is 10.2 Å². The highest BCUT2D eigenvalue weighted by atomic mass is 16.3. The zero-order valence-corrected chi connectivity index (χ0v) is 8.10. The van der Waals surface area contributed by atoms with Crippen LogP contribution in [0.25, 0.3) is 0 Å². The van der Waals surface area contributed by atoms with Gasteiger partial charge in [-0.25, -0.2) is 0 Å². The van der Waals surface area contributed by atoms with Gasteiger partial charge in [0.25, 0.3) is 0 Å². The van der Waals surface area contributed by atoms with Crippen LogP contribution in [0.2, 0.25) is 0 Å². The molecule has 2 unspecified atom stereocenters. The number of hydrogen-bond acceptors (Lipinski definition) is 3. The molecule has 0 saturated carbocycles. The second-order valence-corrected chi connectivity index (χ2v) is 3.65. The Bertz CT molecular complexity index is 231. The number of nitrogens with two attached hydrogens (primary N) is 1. The van der Waals surface area contributed by atoms with Crippen molar-refractivity contribution < 1.29 is 9.52 Å². The summed E-state index contributed by atoms with van der Waals surface area (Å²) in [6, 6.07) is 1.77. The molecule has 1 rings (SSSR count). The highest BCUT2D eigenvalue weighted by Gasteiger charge is 2.23. The molecule has 13 heavy (non-hydrogen) atoms. The van der Waals surface area contributed by atoms with E-state index in [-0.39, 0.29) is 5.92 Å². The Balaban J connectivity index is 2.70. The average Bonchev–Trinajstić information content (AvgIpc) is 2.56. The molecule has 1 heterocycles. The van der Waals surface area contributed by atoms with Gasteiger partial charge in [-0.1, -0.05) is 13.8 Å². The topological polar surface area (TPSA) is 59.4 Å². The third kappa shape index (κ3) is 2.32. The molecule has 0 aliphatic carbocycles. The van der Waals surface area contributed by atoms with Gasteiger partial charge in [0.2, 0.25) is 0 Å². The van der Waals surface area contributed by atoms with Crippen molar-refractivity contribution in [3.8, 4) is 0 Å². The largest absolute Gasteiger partial charge is 0.472 e. The predicted octanol–water partition coefficient (Wildman–Crippen LogP) is 1.54. The minimum absolute atomic E-state index is 0.0950. The van der Waals surface area contributed by atoms with E-state index in [1.54, 1.807) is 18.6 Å². The molecular formula is C10H17NO2. The Kier molecular flexibility index (Phi) is 3.51. The molecule has 2 atom stereocenters. The first-order chi connectivity index (χ1) is 6.16. The molecule has 0 aliphatic rings. The second kappa shape index (κ2) is 4.44. The summed E-state index contributed by atoms with van der Waals surface area (Å²) in [4.78, 5) is 0. The molecular weight excluding hydrogens is 166 g/mol. The zero-order chi connectivity index (χ0) is 9.84. The normalized spacial score (nSPS) is 16.1. The second-order valence-electron chi connectivity index (χ2n) is 3.65. The van der Waals surface area contributed by atoms with E-state index in [0.717, 1.165) is 5.56 Å². The van der Waals surface area contributed by atoms with Gasteiger partial charge in [0.1, 0.15) is 0 Å². The summed E-state index contributed by atoms with van der Waals surface area (Å²) in [7, 11) is 0. The van der Waals surface area contributed by atoms with E-state index < -0.39 is 6.10 Å². The molecule has 3 nitrogen and oxygen atoms in total. The molecule has 74 valence electrons. The van der Waals surface area contributed by atoms with Crippen LogP contribution >= 0.6 is 0 Å². The van der Waals surface area contributed by atoms with Gasteiger partial charge in [0, 0.05) is 11.5 Å². The molecule has 0 aromatic carbocycles. The Morgan fingerprint density at radius 2 is 2.23 bits per heavy atom. The fourth-order valence-electron chi connectivity index (χ4n) is 1.46. The van der Waals surface area contributed by atoms with E-state index in [9.17, 15) is 5.11 Å². The summed E-state index contributed by atoms with van der Waals surface area (Å²) in [5, 5.41) is 9.90. The number of aliphatic hydroxyl groups is 1. The van der Waals surface area contributed by atoms with Crippen molar-refractivity contribution in [2.75, 3.05) is 6.54 Å². The predicted molar refractivity (Wildman–Crippen MR) is 51.1 cm³/mol. The lowest BCUT2D eigenvalue weighted by atomic mass is 9.87. The first kappa shape index (κ1) is 10.3. The summed E-state index contributed by atoms with van der Waals surface area (Å²) in [6.45, 7) is 4.60. The highest BCUT2D eigenvalue weighted by Crippen LogP contribution is 2.27. The number of rotatable bonds is 4. The maximum atomic E-state index is 9.90. The van der Waals surface area contributed by atoms with Gasteiger partial charge in [-0.05, 0) is 18.5 Å². The van der Waals surface area contributed by atoms with Crippen LogP contribution < -0.4 is 5.73 Å². The van der Waals surface area contributed by atoms with E-state index in [1.165, 1.54) is 0 Å². The van der Waals surface area contributed by atoms with Crippen LogP contribution in [0.5, 0.6) is 0 Å². The summed E-state index contributed by atoms with van der Waals surface area (Å²) >= 11 is 0. The Labute approximate surface area is 78.5 Å². The Morgan fingerprint density at radius 1 is 1.54 bits per heavy atom. The van der Waals surface area contributed by atoms with Crippen LogP contribution in [-0.2, 0) is 0 Å². The van der Waals surface area contributed by atoms with Gasteiger partial charge in [-0.15, -0.1) is 0 Å². The highest BCUT2D eigenvalue weighted by molar-refractivity contribution is 5.10. The molecule has 1 aromatic heterocycles. The number of aliphatic hydroxyl groups excluding tert-OH is 1. The van der Waals surface area contributed by atoms with Crippen LogP contribution in [-0.4, -0.2) is 11.7 Å². The van der Waals surface area contributed by atoms with Gasteiger partial charge in [0.05, 0.1) is 18.6 Å². The minimum Gasteiger partial charge on any atom is -0.472 e. The van der Waals surface area contributed by atoms with Crippen molar-refractivity contribution in [2.45, 2.75) is 20.0 Å².